The van der Waals surface area contributed by atoms with Crippen molar-refractivity contribution in [2.45, 2.75) is 45.3 Å². The van der Waals surface area contributed by atoms with Crippen molar-refractivity contribution in [1.82, 2.24) is 30.2 Å². The molecule has 3 heterocycles. The number of carbonyl (C=O) groups is 2. The Labute approximate surface area is 151 Å². The maximum atomic E-state index is 12.5. The van der Waals surface area contributed by atoms with Crippen LogP contribution in [0.3, 0.4) is 0 Å². The number of hydrogen-bond acceptors (Lipinski definition) is 5. The van der Waals surface area contributed by atoms with E-state index in [0.29, 0.717) is 13.1 Å². The molecule has 0 radical (unpaired) electrons. The van der Waals surface area contributed by atoms with Crippen LogP contribution in [-0.4, -0.2) is 43.2 Å². The topological polar surface area (TPSA) is 93.0 Å². The molecule has 2 amide bonds. The van der Waals surface area contributed by atoms with Crippen LogP contribution >= 0.6 is 0 Å². The third kappa shape index (κ3) is 3.44. The third-order valence-electron chi connectivity index (χ3n) is 5.07. The van der Waals surface area contributed by atoms with E-state index in [4.69, 9.17) is 0 Å². The standard InChI is InChI=1S/C18H22N6O2/c25-17(16-6-2-7-20-21-16)19-11-14-10-15-12-23(8-3-9-24(15)22-14)18(26)13-4-1-5-13/h2,6-7,10,13H,1,3-5,8-9,11-12H2,(H,19,25). The van der Waals surface area contributed by atoms with Gasteiger partial charge >= 0.3 is 0 Å². The predicted molar refractivity (Wildman–Crippen MR) is 92.8 cm³/mol. The lowest BCUT2D eigenvalue weighted by Gasteiger charge is -2.30. The second kappa shape index (κ2) is 7.23. The number of aromatic nitrogens is 4. The largest absolute Gasteiger partial charge is 0.345 e. The molecule has 0 bridgehead atoms. The zero-order chi connectivity index (χ0) is 17.9. The highest BCUT2D eigenvalue weighted by Crippen LogP contribution is 2.29. The number of amides is 2. The fourth-order valence-corrected chi connectivity index (χ4v) is 3.39. The SMILES string of the molecule is O=C(NCc1cc2n(n1)CCCN(C(=O)C1CCC1)C2)c1cccnn1. The second-order valence-electron chi connectivity index (χ2n) is 6.88. The average Bonchev–Trinajstić information content (AvgIpc) is 2.89. The molecule has 2 aromatic rings. The Morgan fingerprint density at radius 1 is 1.23 bits per heavy atom. The normalized spacial score (nSPS) is 17.2. The summed E-state index contributed by atoms with van der Waals surface area (Å²) in [5.41, 5.74) is 2.10. The van der Waals surface area contributed by atoms with Gasteiger partial charge in [0.15, 0.2) is 5.69 Å². The maximum absolute atomic E-state index is 12.5. The molecule has 136 valence electrons. The predicted octanol–water partition coefficient (Wildman–Crippen LogP) is 1.14. The molecule has 1 aliphatic carbocycles. The van der Waals surface area contributed by atoms with Crippen LogP contribution in [0.25, 0.3) is 0 Å². The van der Waals surface area contributed by atoms with Gasteiger partial charge in [-0.15, -0.1) is 5.10 Å². The summed E-state index contributed by atoms with van der Waals surface area (Å²) in [5.74, 6) is 0.224. The Morgan fingerprint density at radius 2 is 2.12 bits per heavy atom. The number of nitrogens with zero attached hydrogens (tertiary/aromatic N) is 5. The summed E-state index contributed by atoms with van der Waals surface area (Å²) in [6, 6.07) is 5.27. The van der Waals surface area contributed by atoms with Crippen molar-refractivity contribution in [3.05, 3.63) is 41.5 Å². The van der Waals surface area contributed by atoms with Crippen LogP contribution in [0.15, 0.2) is 24.4 Å². The Kier molecular flexibility index (Phi) is 4.64. The van der Waals surface area contributed by atoms with E-state index in [1.165, 1.54) is 6.20 Å². The fourth-order valence-electron chi connectivity index (χ4n) is 3.39. The monoisotopic (exact) mass is 354 g/mol. The quantitative estimate of drug-likeness (QED) is 0.889. The van der Waals surface area contributed by atoms with Gasteiger partial charge in [-0.05, 0) is 37.5 Å². The molecule has 0 unspecified atom stereocenters. The first kappa shape index (κ1) is 16.7. The smallest absolute Gasteiger partial charge is 0.272 e. The van der Waals surface area contributed by atoms with Crippen LogP contribution in [0.4, 0.5) is 0 Å². The lowest BCUT2D eigenvalue weighted by atomic mass is 9.84. The molecule has 1 fully saturated rings. The molecule has 2 aliphatic rings. The molecular formula is C18H22N6O2. The number of fused-ring (bicyclic) bond motifs is 1. The van der Waals surface area contributed by atoms with E-state index in [-0.39, 0.29) is 23.4 Å². The van der Waals surface area contributed by atoms with Crippen LogP contribution in [0.1, 0.15) is 47.6 Å². The van der Waals surface area contributed by atoms with Gasteiger partial charge in [-0.3, -0.25) is 14.3 Å². The number of nitrogens with one attached hydrogen (secondary N) is 1. The first-order valence-electron chi connectivity index (χ1n) is 9.11. The van der Waals surface area contributed by atoms with Crippen molar-refractivity contribution in [1.29, 1.82) is 0 Å². The lowest BCUT2D eigenvalue weighted by Crippen LogP contribution is -2.38. The van der Waals surface area contributed by atoms with E-state index in [0.717, 1.165) is 50.2 Å². The zero-order valence-electron chi connectivity index (χ0n) is 14.6. The minimum atomic E-state index is -0.275. The van der Waals surface area contributed by atoms with Crippen LogP contribution < -0.4 is 5.32 Å². The summed E-state index contributed by atoms with van der Waals surface area (Å²) < 4.78 is 1.96. The average molecular weight is 354 g/mol. The molecule has 8 heteroatoms. The van der Waals surface area contributed by atoms with Gasteiger partial charge in [-0.2, -0.15) is 10.2 Å². The molecule has 26 heavy (non-hydrogen) atoms. The molecule has 0 spiro atoms. The summed E-state index contributed by atoms with van der Waals surface area (Å²) in [4.78, 5) is 26.6. The van der Waals surface area contributed by atoms with E-state index in [1.807, 2.05) is 15.6 Å². The van der Waals surface area contributed by atoms with E-state index in [1.54, 1.807) is 12.1 Å². The van der Waals surface area contributed by atoms with Gasteiger partial charge in [-0.25, -0.2) is 0 Å². The molecule has 0 atom stereocenters. The molecule has 1 aliphatic heterocycles. The summed E-state index contributed by atoms with van der Waals surface area (Å²) in [6.45, 7) is 2.51. The molecule has 2 aromatic heterocycles. The highest BCUT2D eigenvalue weighted by Gasteiger charge is 2.30. The van der Waals surface area contributed by atoms with Crippen LogP contribution in [0.2, 0.25) is 0 Å². The summed E-state index contributed by atoms with van der Waals surface area (Å²) in [7, 11) is 0. The second-order valence-corrected chi connectivity index (χ2v) is 6.88. The Balaban J connectivity index is 1.40. The summed E-state index contributed by atoms with van der Waals surface area (Å²) in [5, 5.41) is 14.9. The van der Waals surface area contributed by atoms with Gasteiger partial charge in [0.25, 0.3) is 5.91 Å². The van der Waals surface area contributed by atoms with Gasteiger partial charge in [0.05, 0.1) is 24.5 Å². The van der Waals surface area contributed by atoms with Crippen LogP contribution in [0, 0.1) is 5.92 Å². The van der Waals surface area contributed by atoms with Gasteiger partial charge in [0.2, 0.25) is 5.91 Å². The van der Waals surface area contributed by atoms with Gasteiger partial charge < -0.3 is 10.2 Å². The number of carbonyl (C=O) groups excluding carboxylic acids is 2. The Morgan fingerprint density at radius 3 is 2.85 bits per heavy atom. The van der Waals surface area contributed by atoms with Crippen LogP contribution in [0.5, 0.6) is 0 Å². The minimum absolute atomic E-state index is 0.218. The maximum Gasteiger partial charge on any atom is 0.272 e. The van der Waals surface area contributed by atoms with Crippen molar-refractivity contribution >= 4 is 11.8 Å². The Hall–Kier alpha value is -2.77. The minimum Gasteiger partial charge on any atom is -0.345 e. The summed E-state index contributed by atoms with van der Waals surface area (Å²) in [6.07, 6.45) is 5.64. The zero-order valence-corrected chi connectivity index (χ0v) is 14.6. The van der Waals surface area contributed by atoms with E-state index < -0.39 is 0 Å². The van der Waals surface area contributed by atoms with Crippen molar-refractivity contribution in [3.63, 3.8) is 0 Å². The van der Waals surface area contributed by atoms with Crippen molar-refractivity contribution in [2.24, 2.45) is 5.92 Å². The van der Waals surface area contributed by atoms with Crippen LogP contribution in [-0.2, 0) is 24.4 Å². The van der Waals surface area contributed by atoms with Gasteiger partial charge in [-0.1, -0.05) is 6.42 Å². The molecular weight excluding hydrogens is 332 g/mol. The van der Waals surface area contributed by atoms with E-state index in [9.17, 15) is 9.59 Å². The highest BCUT2D eigenvalue weighted by atomic mass is 16.2. The molecule has 4 rings (SSSR count). The summed E-state index contributed by atoms with van der Waals surface area (Å²) >= 11 is 0. The third-order valence-corrected chi connectivity index (χ3v) is 5.07. The number of hydrogen-bond donors (Lipinski definition) is 1. The van der Waals surface area contributed by atoms with E-state index in [2.05, 4.69) is 20.6 Å². The highest BCUT2D eigenvalue weighted by molar-refractivity contribution is 5.91. The van der Waals surface area contributed by atoms with E-state index >= 15 is 0 Å². The van der Waals surface area contributed by atoms with Crippen molar-refractivity contribution < 1.29 is 9.59 Å². The molecule has 8 nitrogen and oxygen atoms in total. The first-order chi connectivity index (χ1) is 12.7. The first-order valence-corrected chi connectivity index (χ1v) is 9.11. The Bertz CT molecular complexity index is 799. The number of rotatable bonds is 4. The van der Waals surface area contributed by atoms with Gasteiger partial charge in [0.1, 0.15) is 0 Å². The van der Waals surface area contributed by atoms with Crippen molar-refractivity contribution in [2.75, 3.05) is 6.54 Å². The van der Waals surface area contributed by atoms with Gasteiger partial charge in [0, 0.05) is 25.2 Å². The molecule has 0 saturated heterocycles. The fraction of sp³-hybridized carbons (Fsp3) is 0.500. The molecule has 0 aromatic carbocycles. The number of aryl methyl sites for hydroxylation is 1. The lowest BCUT2D eigenvalue weighted by molar-refractivity contribution is -0.138. The molecule has 1 N–H and O–H groups in total. The molecule has 1 saturated carbocycles. The van der Waals surface area contributed by atoms with Crippen molar-refractivity contribution in [3.8, 4) is 0 Å².